The lowest BCUT2D eigenvalue weighted by atomic mass is 10.1. The molecule has 0 amide bonds. The summed E-state index contributed by atoms with van der Waals surface area (Å²) in [6.07, 6.45) is -3.38. The van der Waals surface area contributed by atoms with Gasteiger partial charge in [0.25, 0.3) is 5.56 Å². The van der Waals surface area contributed by atoms with E-state index in [1.54, 1.807) is 41.0 Å². The third-order valence-corrected chi connectivity index (χ3v) is 12.9. The summed E-state index contributed by atoms with van der Waals surface area (Å²) in [5, 5.41) is 21.3. The van der Waals surface area contributed by atoms with Gasteiger partial charge in [-0.05, 0) is 48.1 Å². The molecule has 0 spiro atoms. The van der Waals surface area contributed by atoms with Gasteiger partial charge in [-0.15, -0.1) is 0 Å². The smallest absolute Gasteiger partial charge is 0.389 e. The Morgan fingerprint density at radius 1 is 1.04 bits per heavy atom. The van der Waals surface area contributed by atoms with E-state index >= 15 is 0 Å². The molecule has 2 aliphatic heterocycles. The van der Waals surface area contributed by atoms with Gasteiger partial charge in [-0.1, -0.05) is 29.8 Å². The number of benzene rings is 2. The van der Waals surface area contributed by atoms with Gasteiger partial charge in [0, 0.05) is 31.5 Å². The SMILES string of the molecule is CO[C@H]1C(OP(=O)(OC[C@H]2O[C@@H](n3cnc4c(N)ncnc43)CC2O)SCc2ccc(OC(=O)c3ccc(C)cc3)cc2)[C@@H](CO)O[C@H]1n1ccc(=O)[nH]c1=O. The highest BCUT2D eigenvalue weighted by molar-refractivity contribution is 8.54. The third kappa shape index (κ3) is 8.48. The van der Waals surface area contributed by atoms with Crippen LogP contribution in [0.3, 0.4) is 0 Å². The van der Waals surface area contributed by atoms with Crippen LogP contribution in [-0.2, 0) is 33.6 Å². The summed E-state index contributed by atoms with van der Waals surface area (Å²) in [6, 6.07) is 14.6. The average molecular weight is 812 g/mol. The predicted octanol–water partition coefficient (Wildman–Crippen LogP) is 2.48. The fourth-order valence-corrected chi connectivity index (χ4v) is 9.66. The number of aliphatic hydroxyl groups excluding tert-OH is 2. The molecule has 2 fully saturated rings. The molecule has 56 heavy (non-hydrogen) atoms. The summed E-state index contributed by atoms with van der Waals surface area (Å²) in [5.41, 5.74) is 7.32. The number of methoxy groups -OCH3 is 1. The molecule has 2 aromatic carbocycles. The number of esters is 1. The number of hydrogen-bond donors (Lipinski definition) is 4. The summed E-state index contributed by atoms with van der Waals surface area (Å²) in [4.78, 5) is 51.6. The number of aliphatic hydroxyl groups is 2. The van der Waals surface area contributed by atoms with Crippen molar-refractivity contribution in [3.63, 3.8) is 0 Å². The first-order valence-electron chi connectivity index (χ1n) is 17.3. The number of anilines is 1. The molecule has 0 aliphatic carbocycles. The number of rotatable bonds is 14. The van der Waals surface area contributed by atoms with Gasteiger partial charge < -0.3 is 34.9 Å². The maximum atomic E-state index is 14.8. The summed E-state index contributed by atoms with van der Waals surface area (Å²) >= 11 is 0.807. The van der Waals surface area contributed by atoms with Crippen molar-refractivity contribution in [3.8, 4) is 5.75 Å². The Labute approximate surface area is 322 Å². The number of hydrogen-bond acceptors (Lipinski definition) is 17. The van der Waals surface area contributed by atoms with Crippen LogP contribution in [-0.4, -0.2) is 96.1 Å². The second-order valence-electron chi connectivity index (χ2n) is 13.0. The van der Waals surface area contributed by atoms with E-state index in [1.165, 1.54) is 26.0 Å². The molecule has 3 unspecified atom stereocenters. The first kappa shape index (κ1) is 39.5. The van der Waals surface area contributed by atoms with Crippen molar-refractivity contribution in [3.05, 3.63) is 111 Å². The van der Waals surface area contributed by atoms with Crippen molar-refractivity contribution in [1.82, 2.24) is 29.1 Å². The largest absolute Gasteiger partial charge is 0.423 e. The van der Waals surface area contributed by atoms with Gasteiger partial charge in [0.05, 0.1) is 31.2 Å². The lowest BCUT2D eigenvalue weighted by Crippen LogP contribution is -2.39. The topological polar surface area (TPSA) is 254 Å². The molecule has 0 bridgehead atoms. The molecule has 5 aromatic rings. The number of carbonyl (C=O) groups is 1. The van der Waals surface area contributed by atoms with Gasteiger partial charge in [-0.25, -0.2) is 29.1 Å². The van der Waals surface area contributed by atoms with E-state index in [2.05, 4.69) is 19.9 Å². The molecule has 2 saturated heterocycles. The number of nitrogens with zero attached hydrogens (tertiary/aromatic N) is 5. The summed E-state index contributed by atoms with van der Waals surface area (Å²) in [6.45, 7) is -3.39. The van der Waals surface area contributed by atoms with Crippen LogP contribution in [0.5, 0.6) is 5.75 Å². The minimum absolute atomic E-state index is 0.0696. The molecule has 5 N–H and O–H groups in total. The molecule has 5 heterocycles. The zero-order valence-electron chi connectivity index (χ0n) is 29.9. The van der Waals surface area contributed by atoms with E-state index in [4.69, 9.17) is 33.7 Å². The first-order chi connectivity index (χ1) is 26.9. The number of nitrogen functional groups attached to an aromatic ring is 1. The van der Waals surface area contributed by atoms with Crippen molar-refractivity contribution in [2.45, 2.75) is 62.1 Å². The molecular weight excluding hydrogens is 773 g/mol. The molecule has 0 saturated carbocycles. The number of aromatic amines is 1. The van der Waals surface area contributed by atoms with Gasteiger partial charge in [0.1, 0.15) is 48.2 Å². The monoisotopic (exact) mass is 811 g/mol. The van der Waals surface area contributed by atoms with Crippen LogP contribution in [0.15, 0.2) is 83.0 Å². The molecule has 0 radical (unpaired) electrons. The Bertz CT molecular complexity index is 2340. The Morgan fingerprint density at radius 2 is 1.80 bits per heavy atom. The van der Waals surface area contributed by atoms with E-state index in [1.807, 2.05) is 19.1 Å². The van der Waals surface area contributed by atoms with Crippen LogP contribution < -0.4 is 21.7 Å². The van der Waals surface area contributed by atoms with Crippen LogP contribution in [0, 0.1) is 6.92 Å². The average Bonchev–Trinajstić information content (AvgIpc) is 3.89. The van der Waals surface area contributed by atoms with E-state index in [0.29, 0.717) is 28.0 Å². The number of nitrogens with one attached hydrogen (secondary N) is 1. The van der Waals surface area contributed by atoms with E-state index < -0.39 is 80.2 Å². The minimum atomic E-state index is -4.29. The second kappa shape index (κ2) is 16.8. The highest BCUT2D eigenvalue weighted by atomic mass is 32.7. The van der Waals surface area contributed by atoms with E-state index in [0.717, 1.165) is 27.6 Å². The third-order valence-electron chi connectivity index (χ3n) is 9.22. The summed E-state index contributed by atoms with van der Waals surface area (Å²) < 4.78 is 52.8. The standard InChI is InChI=1S/C35H38N7O12PS/c1-19-3-7-21(8-4-19)34(46)51-22-9-5-20(6-10-22)16-56-55(48,54-29-24(14-43)53-33(30(29)49-2)41-12-11-26(45)40-35(41)47)50-15-25-23(44)13-27(52-25)42-18-39-28-31(36)37-17-38-32(28)42/h3-12,17-18,23-25,27,29-30,33,43-44H,13-16H2,1-2H3,(H2,36,37,38)(H,40,45,47)/t23?,24-,25-,27-,29?,30+,33-,55?/m1/s1. The molecule has 8 atom stereocenters. The quantitative estimate of drug-likeness (QED) is 0.0714. The molecule has 7 rings (SSSR count). The summed E-state index contributed by atoms with van der Waals surface area (Å²) in [7, 11) is 1.32. The molecule has 296 valence electrons. The van der Waals surface area contributed by atoms with Crippen molar-refractivity contribution in [2.75, 3.05) is 26.1 Å². The van der Waals surface area contributed by atoms with Crippen molar-refractivity contribution in [1.29, 1.82) is 0 Å². The molecular formula is C35H38N7O12PS. The van der Waals surface area contributed by atoms with Gasteiger partial charge in [-0.2, -0.15) is 0 Å². The van der Waals surface area contributed by atoms with Crippen LogP contribution in [0.1, 0.15) is 40.4 Å². The fraction of sp³-hybridized carbons (Fsp3) is 0.371. The van der Waals surface area contributed by atoms with Crippen molar-refractivity contribution >= 4 is 41.1 Å². The summed E-state index contributed by atoms with van der Waals surface area (Å²) in [5.74, 6) is 0.0181. The number of fused-ring (bicyclic) bond motifs is 1. The number of carbonyl (C=O) groups excluding carboxylic acids is 1. The predicted molar refractivity (Wildman–Crippen MR) is 200 cm³/mol. The number of H-pyrrole nitrogens is 1. The minimum Gasteiger partial charge on any atom is -0.423 e. The lowest BCUT2D eigenvalue weighted by molar-refractivity contribution is -0.0625. The molecule has 19 nitrogen and oxygen atoms in total. The van der Waals surface area contributed by atoms with Crippen molar-refractivity contribution < 1.29 is 47.6 Å². The maximum Gasteiger partial charge on any atom is 0.389 e. The van der Waals surface area contributed by atoms with Crippen LogP contribution in [0.4, 0.5) is 5.82 Å². The number of aryl methyl sites for hydroxylation is 1. The maximum absolute atomic E-state index is 14.8. The van der Waals surface area contributed by atoms with Crippen molar-refractivity contribution in [2.24, 2.45) is 0 Å². The second-order valence-corrected chi connectivity index (χ2v) is 17.0. The Morgan fingerprint density at radius 3 is 2.52 bits per heavy atom. The normalized spacial score (nSPS) is 24.7. The van der Waals surface area contributed by atoms with Crippen LogP contribution in [0.25, 0.3) is 11.2 Å². The highest BCUT2D eigenvalue weighted by Gasteiger charge is 2.51. The van der Waals surface area contributed by atoms with Gasteiger partial charge in [-0.3, -0.25) is 28.0 Å². The van der Waals surface area contributed by atoms with Crippen LogP contribution in [0.2, 0.25) is 0 Å². The Kier molecular flexibility index (Phi) is 11.8. The molecule has 2 aliphatic rings. The van der Waals surface area contributed by atoms with E-state index in [-0.39, 0.29) is 18.0 Å². The van der Waals surface area contributed by atoms with Gasteiger partial charge >= 0.3 is 18.5 Å². The zero-order valence-corrected chi connectivity index (χ0v) is 31.7. The number of ether oxygens (including phenoxy) is 4. The molecule has 3 aromatic heterocycles. The first-order valence-corrected chi connectivity index (χ1v) is 20.4. The Hall–Kier alpha value is -4.76. The fourth-order valence-electron chi connectivity index (χ4n) is 6.28. The van der Waals surface area contributed by atoms with Gasteiger partial charge in [0.15, 0.2) is 17.7 Å². The van der Waals surface area contributed by atoms with Crippen LogP contribution >= 0.6 is 18.2 Å². The Balaban J connectivity index is 1.09. The zero-order chi connectivity index (χ0) is 39.6. The highest BCUT2D eigenvalue weighted by Crippen LogP contribution is 2.64. The van der Waals surface area contributed by atoms with Gasteiger partial charge in [0.2, 0.25) is 0 Å². The number of aromatic nitrogens is 6. The van der Waals surface area contributed by atoms with E-state index in [9.17, 15) is 29.2 Å². The number of nitrogens with two attached hydrogens (primary N) is 1. The molecule has 21 heteroatoms. The number of imidazole rings is 1. The lowest BCUT2D eigenvalue weighted by Gasteiger charge is -2.28.